The van der Waals surface area contributed by atoms with Gasteiger partial charge in [-0.15, -0.1) is 0 Å². The average Bonchev–Trinajstić information content (AvgIpc) is 2.88. The summed E-state index contributed by atoms with van der Waals surface area (Å²) in [6.07, 6.45) is 1.51. The van der Waals surface area contributed by atoms with Gasteiger partial charge in [0.25, 0.3) is 11.7 Å². The van der Waals surface area contributed by atoms with Gasteiger partial charge in [0, 0.05) is 18.3 Å². The van der Waals surface area contributed by atoms with Crippen molar-refractivity contribution >= 4 is 17.4 Å². The van der Waals surface area contributed by atoms with Crippen molar-refractivity contribution in [3.63, 3.8) is 0 Å². The molecule has 0 aliphatic carbocycles. The molecule has 0 saturated carbocycles. The van der Waals surface area contributed by atoms with Crippen LogP contribution in [0.5, 0.6) is 0 Å². The van der Waals surface area contributed by atoms with E-state index in [1.165, 1.54) is 23.2 Å². The summed E-state index contributed by atoms with van der Waals surface area (Å²) < 4.78 is 13.1. The van der Waals surface area contributed by atoms with Gasteiger partial charge < -0.3 is 15.1 Å². The smallest absolute Gasteiger partial charge is 0.295 e. The van der Waals surface area contributed by atoms with Crippen LogP contribution in [0.25, 0.3) is 5.76 Å². The molecule has 1 fully saturated rings. The summed E-state index contributed by atoms with van der Waals surface area (Å²) in [5, 5.41) is 19.8. The highest BCUT2D eigenvalue weighted by Crippen LogP contribution is 2.38. The van der Waals surface area contributed by atoms with Crippen LogP contribution < -0.4 is 0 Å². The van der Waals surface area contributed by atoms with E-state index in [4.69, 9.17) is 0 Å². The van der Waals surface area contributed by atoms with Crippen molar-refractivity contribution in [2.24, 2.45) is 0 Å². The molecule has 0 radical (unpaired) electrons. The Balaban J connectivity index is 2.17. The van der Waals surface area contributed by atoms with E-state index in [-0.39, 0.29) is 24.3 Å². The molecule has 6 nitrogen and oxygen atoms in total. The molecule has 1 aliphatic rings. The third-order valence-electron chi connectivity index (χ3n) is 3.97. The lowest BCUT2D eigenvalue weighted by Crippen LogP contribution is -2.32. The minimum Gasteiger partial charge on any atom is -0.507 e. The first-order valence-electron chi connectivity index (χ1n) is 7.60. The number of Topliss-reactive ketones (excluding diaryl/α,β-unsaturated/α-hetero) is 1. The molecule has 128 valence electrons. The molecule has 0 unspecified atom stereocenters. The Bertz CT molecular complexity index is 834. The van der Waals surface area contributed by atoms with Crippen LogP contribution in [0.4, 0.5) is 4.39 Å². The molecule has 2 aromatic rings. The predicted octanol–water partition coefficient (Wildman–Crippen LogP) is 1.63. The van der Waals surface area contributed by atoms with Crippen molar-refractivity contribution in [1.82, 2.24) is 9.88 Å². The van der Waals surface area contributed by atoms with Crippen molar-refractivity contribution in [2.75, 3.05) is 13.2 Å². The third kappa shape index (κ3) is 3.01. The number of hydrogen-bond donors (Lipinski definition) is 2. The second-order valence-corrected chi connectivity index (χ2v) is 5.48. The van der Waals surface area contributed by atoms with Crippen molar-refractivity contribution in [3.8, 4) is 0 Å². The number of amides is 1. The summed E-state index contributed by atoms with van der Waals surface area (Å²) in [7, 11) is 0. The van der Waals surface area contributed by atoms with Gasteiger partial charge in [-0.1, -0.05) is 6.07 Å². The number of pyridine rings is 1. The van der Waals surface area contributed by atoms with Gasteiger partial charge in [-0.3, -0.25) is 14.6 Å². The summed E-state index contributed by atoms with van der Waals surface area (Å²) in [5.74, 6) is -2.59. The van der Waals surface area contributed by atoms with Crippen LogP contribution in [0.15, 0.2) is 54.2 Å². The number of β-amino-alcohol motifs (C(OH)–C–C–N with tert-alkyl or cyclic N) is 1. The zero-order valence-corrected chi connectivity index (χ0v) is 13.1. The molecule has 1 aromatic carbocycles. The Morgan fingerprint density at radius 2 is 1.88 bits per heavy atom. The number of carbonyl (C=O) groups is 2. The lowest BCUT2D eigenvalue weighted by atomic mass is 9.98. The molecule has 1 saturated heterocycles. The summed E-state index contributed by atoms with van der Waals surface area (Å²) in [4.78, 5) is 30.1. The summed E-state index contributed by atoms with van der Waals surface area (Å²) >= 11 is 0. The molecule has 1 aliphatic heterocycles. The summed E-state index contributed by atoms with van der Waals surface area (Å²) in [6.45, 7) is -0.418. The van der Waals surface area contributed by atoms with E-state index in [0.29, 0.717) is 5.69 Å². The van der Waals surface area contributed by atoms with Crippen molar-refractivity contribution in [3.05, 3.63) is 71.3 Å². The van der Waals surface area contributed by atoms with E-state index < -0.39 is 29.3 Å². The lowest BCUT2D eigenvalue weighted by Gasteiger charge is -2.23. The number of rotatable bonds is 4. The Kier molecular flexibility index (Phi) is 4.58. The van der Waals surface area contributed by atoms with Crippen molar-refractivity contribution in [2.45, 2.75) is 6.04 Å². The molecule has 0 spiro atoms. The first kappa shape index (κ1) is 16.8. The average molecular weight is 342 g/mol. The second-order valence-electron chi connectivity index (χ2n) is 5.48. The van der Waals surface area contributed by atoms with Gasteiger partial charge in [0.2, 0.25) is 0 Å². The van der Waals surface area contributed by atoms with Gasteiger partial charge in [0.05, 0.1) is 17.9 Å². The number of aliphatic hydroxyl groups is 2. The highest BCUT2D eigenvalue weighted by Gasteiger charge is 2.46. The number of nitrogens with zero attached hydrogens (tertiary/aromatic N) is 2. The number of aromatic nitrogens is 1. The Morgan fingerprint density at radius 1 is 1.16 bits per heavy atom. The van der Waals surface area contributed by atoms with Crippen molar-refractivity contribution in [1.29, 1.82) is 0 Å². The number of ketones is 1. The van der Waals surface area contributed by atoms with Gasteiger partial charge in [0.1, 0.15) is 17.6 Å². The van der Waals surface area contributed by atoms with Gasteiger partial charge in [-0.25, -0.2) is 4.39 Å². The number of halogens is 1. The first-order chi connectivity index (χ1) is 12.0. The van der Waals surface area contributed by atoms with Crippen LogP contribution in [0.1, 0.15) is 17.3 Å². The van der Waals surface area contributed by atoms with E-state index >= 15 is 0 Å². The fraction of sp³-hybridized carbons (Fsp3) is 0.167. The fourth-order valence-electron chi connectivity index (χ4n) is 2.83. The summed E-state index contributed by atoms with van der Waals surface area (Å²) in [5.41, 5.74) is 0.465. The molecule has 2 N–H and O–H groups in total. The van der Waals surface area contributed by atoms with Crippen LogP contribution in [0.2, 0.25) is 0 Å². The lowest BCUT2D eigenvalue weighted by molar-refractivity contribution is -0.140. The van der Waals surface area contributed by atoms with Gasteiger partial charge in [0.15, 0.2) is 0 Å². The quantitative estimate of drug-likeness (QED) is 0.501. The van der Waals surface area contributed by atoms with E-state index in [1.54, 1.807) is 18.2 Å². The fourth-order valence-corrected chi connectivity index (χ4v) is 2.83. The molecule has 0 bridgehead atoms. The monoisotopic (exact) mass is 342 g/mol. The standard InChI is InChI=1S/C18H15FN2O4/c19-12-6-4-11(5-7-12)16(23)14-15(13-3-1-2-8-20-13)21(9-10-22)18(25)17(14)24/h1-8,15,22-23H,9-10H2/t15-/m0/s1. The molecular weight excluding hydrogens is 327 g/mol. The molecule has 2 heterocycles. The van der Waals surface area contributed by atoms with Crippen LogP contribution in [0.3, 0.4) is 0 Å². The van der Waals surface area contributed by atoms with E-state index in [0.717, 1.165) is 12.1 Å². The zero-order chi connectivity index (χ0) is 18.0. The van der Waals surface area contributed by atoms with Gasteiger partial charge >= 0.3 is 0 Å². The van der Waals surface area contributed by atoms with Crippen LogP contribution in [0, 0.1) is 5.82 Å². The molecular formula is C18H15FN2O4. The molecule has 1 atom stereocenters. The van der Waals surface area contributed by atoms with Gasteiger partial charge in [-0.05, 0) is 36.4 Å². The molecule has 3 rings (SSSR count). The molecule has 25 heavy (non-hydrogen) atoms. The largest absolute Gasteiger partial charge is 0.507 e. The normalized spacial score (nSPS) is 19.4. The van der Waals surface area contributed by atoms with E-state index in [1.807, 2.05) is 0 Å². The van der Waals surface area contributed by atoms with Crippen LogP contribution in [-0.2, 0) is 9.59 Å². The zero-order valence-electron chi connectivity index (χ0n) is 13.1. The highest BCUT2D eigenvalue weighted by molar-refractivity contribution is 6.46. The van der Waals surface area contributed by atoms with Gasteiger partial charge in [-0.2, -0.15) is 0 Å². The SMILES string of the molecule is O=C1C(=O)N(CCO)[C@@H](c2ccccn2)C1=C(O)c1ccc(F)cc1. The topological polar surface area (TPSA) is 90.7 Å². The maximum Gasteiger partial charge on any atom is 0.295 e. The minimum atomic E-state index is -0.918. The number of aliphatic hydroxyl groups excluding tert-OH is 2. The number of carbonyl (C=O) groups excluding carboxylic acids is 2. The van der Waals surface area contributed by atoms with Crippen LogP contribution >= 0.6 is 0 Å². The second kappa shape index (κ2) is 6.82. The number of likely N-dealkylation sites (tertiary alicyclic amines) is 1. The Labute approximate surface area is 142 Å². The highest BCUT2D eigenvalue weighted by atomic mass is 19.1. The predicted molar refractivity (Wildman–Crippen MR) is 86.7 cm³/mol. The maximum atomic E-state index is 13.1. The Hall–Kier alpha value is -3.06. The Morgan fingerprint density at radius 3 is 2.48 bits per heavy atom. The van der Waals surface area contributed by atoms with E-state index in [9.17, 15) is 24.2 Å². The molecule has 1 amide bonds. The first-order valence-corrected chi connectivity index (χ1v) is 7.60. The van der Waals surface area contributed by atoms with E-state index in [2.05, 4.69) is 4.98 Å². The molecule has 1 aromatic heterocycles. The minimum absolute atomic E-state index is 0.0774. The number of hydrogen-bond acceptors (Lipinski definition) is 5. The molecule has 7 heteroatoms. The van der Waals surface area contributed by atoms with Crippen LogP contribution in [-0.4, -0.2) is 44.9 Å². The van der Waals surface area contributed by atoms with Crippen molar-refractivity contribution < 1.29 is 24.2 Å². The third-order valence-corrected chi connectivity index (χ3v) is 3.97. The maximum absolute atomic E-state index is 13.1. The number of benzene rings is 1. The summed E-state index contributed by atoms with van der Waals surface area (Å²) in [6, 6.07) is 9.01.